The molecule has 2 atom stereocenters. The van der Waals surface area contributed by atoms with Crippen molar-refractivity contribution in [1.29, 1.82) is 0 Å². The Morgan fingerprint density at radius 1 is 1.36 bits per heavy atom. The van der Waals surface area contributed by atoms with E-state index in [0.717, 1.165) is 25.1 Å². The molecule has 0 saturated carbocycles. The summed E-state index contributed by atoms with van der Waals surface area (Å²) in [7, 11) is 0. The molecule has 0 aromatic rings. The first-order valence-corrected chi connectivity index (χ1v) is 6.71. The highest BCUT2D eigenvalue weighted by Crippen LogP contribution is 2.42. The first-order valence-electron chi connectivity index (χ1n) is 5.55. The molecule has 2 fully saturated rings. The Morgan fingerprint density at radius 3 is 2.71 bits per heavy atom. The van der Waals surface area contributed by atoms with E-state index >= 15 is 0 Å². The van der Waals surface area contributed by atoms with Crippen LogP contribution in [0, 0.1) is 5.41 Å². The Kier molecular flexibility index (Phi) is 2.84. The molecule has 2 aliphatic heterocycles. The van der Waals surface area contributed by atoms with Gasteiger partial charge in [0, 0.05) is 11.8 Å². The van der Waals surface area contributed by atoms with Crippen LogP contribution in [-0.2, 0) is 0 Å². The number of aliphatic hydroxyl groups is 1. The van der Waals surface area contributed by atoms with E-state index in [1.54, 1.807) is 0 Å². The Hall–Kier alpha value is 0.270. The Labute approximate surface area is 90.8 Å². The lowest BCUT2D eigenvalue weighted by Gasteiger charge is -2.44. The minimum absolute atomic E-state index is 0.294. The zero-order valence-electron chi connectivity index (χ0n) is 9.18. The van der Waals surface area contributed by atoms with E-state index < -0.39 is 5.60 Å². The Balaban J connectivity index is 2.06. The van der Waals surface area contributed by atoms with Crippen molar-refractivity contribution in [1.82, 2.24) is 5.32 Å². The predicted molar refractivity (Wildman–Crippen MR) is 61.7 cm³/mol. The minimum atomic E-state index is -0.455. The molecule has 2 aliphatic rings. The third-order valence-corrected chi connectivity index (χ3v) is 5.03. The number of rotatable bonds is 1. The lowest BCUT2D eigenvalue weighted by Crippen LogP contribution is -2.54. The first-order chi connectivity index (χ1) is 6.52. The van der Waals surface area contributed by atoms with Crippen LogP contribution >= 0.6 is 11.8 Å². The maximum Gasteiger partial charge on any atom is 0.0895 e. The second-order valence-electron chi connectivity index (χ2n) is 5.59. The standard InChI is InChI=1S/C11H21NOS/c1-10(2)6-11(13,8-14-7-10)9-4-3-5-12-9/h9,12-13H,3-8H2,1-2H3. The molecule has 2 N–H and O–H groups in total. The van der Waals surface area contributed by atoms with Crippen molar-refractivity contribution in [3.63, 3.8) is 0 Å². The van der Waals surface area contributed by atoms with Gasteiger partial charge in [-0.2, -0.15) is 11.8 Å². The maximum absolute atomic E-state index is 10.6. The highest BCUT2D eigenvalue weighted by Gasteiger charge is 2.45. The number of thioether (sulfide) groups is 1. The fourth-order valence-corrected chi connectivity index (χ4v) is 4.22. The summed E-state index contributed by atoms with van der Waals surface area (Å²) in [5, 5.41) is 14.1. The largest absolute Gasteiger partial charge is 0.387 e. The fraction of sp³-hybridized carbons (Fsp3) is 1.00. The van der Waals surface area contributed by atoms with Crippen LogP contribution in [0.1, 0.15) is 33.1 Å². The molecule has 2 heterocycles. The lowest BCUT2D eigenvalue weighted by molar-refractivity contribution is -0.00917. The van der Waals surface area contributed by atoms with E-state index in [9.17, 15) is 5.11 Å². The van der Waals surface area contributed by atoms with Crippen molar-refractivity contribution >= 4 is 11.8 Å². The molecule has 2 nitrogen and oxygen atoms in total. The third kappa shape index (κ3) is 2.10. The van der Waals surface area contributed by atoms with Crippen molar-refractivity contribution < 1.29 is 5.11 Å². The molecular weight excluding hydrogens is 194 g/mol. The van der Waals surface area contributed by atoms with E-state index in [4.69, 9.17) is 0 Å². The average Bonchev–Trinajstić information content (AvgIpc) is 2.52. The summed E-state index contributed by atoms with van der Waals surface area (Å²) in [5.74, 6) is 2.09. The van der Waals surface area contributed by atoms with Gasteiger partial charge in [-0.15, -0.1) is 0 Å². The fourth-order valence-electron chi connectivity index (χ4n) is 2.80. The van der Waals surface area contributed by atoms with Crippen LogP contribution in [0.4, 0.5) is 0 Å². The zero-order chi connectivity index (χ0) is 10.2. The molecule has 0 radical (unpaired) electrons. The summed E-state index contributed by atoms with van der Waals surface area (Å²) < 4.78 is 0. The van der Waals surface area contributed by atoms with Crippen LogP contribution in [0.5, 0.6) is 0 Å². The van der Waals surface area contributed by atoms with Crippen LogP contribution < -0.4 is 5.32 Å². The van der Waals surface area contributed by atoms with Gasteiger partial charge in [-0.3, -0.25) is 0 Å². The summed E-state index contributed by atoms with van der Waals surface area (Å²) in [6, 6.07) is 0.342. The van der Waals surface area contributed by atoms with Crippen LogP contribution in [0.2, 0.25) is 0 Å². The van der Waals surface area contributed by atoms with Crippen molar-refractivity contribution in [2.24, 2.45) is 5.41 Å². The molecule has 3 heteroatoms. The van der Waals surface area contributed by atoms with Gasteiger partial charge >= 0.3 is 0 Å². The van der Waals surface area contributed by atoms with Gasteiger partial charge in [0.2, 0.25) is 0 Å². The van der Waals surface area contributed by atoms with Crippen molar-refractivity contribution in [2.75, 3.05) is 18.1 Å². The molecule has 0 bridgehead atoms. The van der Waals surface area contributed by atoms with Gasteiger partial charge in [-0.25, -0.2) is 0 Å². The van der Waals surface area contributed by atoms with E-state index in [-0.39, 0.29) is 0 Å². The van der Waals surface area contributed by atoms with Gasteiger partial charge in [0.15, 0.2) is 0 Å². The van der Waals surface area contributed by atoms with Crippen LogP contribution in [0.15, 0.2) is 0 Å². The molecular formula is C11H21NOS. The van der Waals surface area contributed by atoms with Crippen LogP contribution in [0.25, 0.3) is 0 Å². The molecule has 2 unspecified atom stereocenters. The van der Waals surface area contributed by atoms with Gasteiger partial charge in [-0.1, -0.05) is 13.8 Å². The zero-order valence-corrected chi connectivity index (χ0v) is 9.99. The summed E-state index contributed by atoms with van der Waals surface area (Å²) in [6.45, 7) is 5.61. The second kappa shape index (κ2) is 3.69. The van der Waals surface area contributed by atoms with Crippen LogP contribution in [0.3, 0.4) is 0 Å². The second-order valence-corrected chi connectivity index (χ2v) is 6.57. The van der Waals surface area contributed by atoms with E-state index in [1.165, 1.54) is 12.2 Å². The van der Waals surface area contributed by atoms with Gasteiger partial charge in [-0.05, 0) is 37.0 Å². The molecule has 2 rings (SSSR count). The summed E-state index contributed by atoms with van der Waals surface area (Å²) >= 11 is 1.91. The summed E-state index contributed by atoms with van der Waals surface area (Å²) in [4.78, 5) is 0. The predicted octanol–water partition coefficient (Wildman–Crippen LogP) is 1.63. The summed E-state index contributed by atoms with van der Waals surface area (Å²) in [6.07, 6.45) is 3.32. The Bertz CT molecular complexity index is 213. The molecule has 0 aromatic carbocycles. The monoisotopic (exact) mass is 215 g/mol. The molecule has 0 aromatic heterocycles. The Morgan fingerprint density at radius 2 is 2.14 bits per heavy atom. The first kappa shape index (κ1) is 10.8. The maximum atomic E-state index is 10.6. The van der Waals surface area contributed by atoms with Crippen LogP contribution in [-0.4, -0.2) is 34.8 Å². The molecule has 0 amide bonds. The molecule has 0 aliphatic carbocycles. The van der Waals surface area contributed by atoms with E-state index in [0.29, 0.717) is 11.5 Å². The average molecular weight is 215 g/mol. The molecule has 14 heavy (non-hydrogen) atoms. The normalized spacial score (nSPS) is 42.6. The SMILES string of the molecule is CC1(C)CSCC(O)(C2CCCN2)C1. The van der Waals surface area contributed by atoms with Gasteiger partial charge in [0.25, 0.3) is 0 Å². The smallest absolute Gasteiger partial charge is 0.0895 e. The van der Waals surface area contributed by atoms with Crippen molar-refractivity contribution in [3.05, 3.63) is 0 Å². The quantitative estimate of drug-likeness (QED) is 0.697. The minimum Gasteiger partial charge on any atom is -0.387 e. The molecule has 2 saturated heterocycles. The van der Waals surface area contributed by atoms with Gasteiger partial charge in [0.1, 0.15) is 0 Å². The number of hydrogen-bond acceptors (Lipinski definition) is 3. The number of hydrogen-bond donors (Lipinski definition) is 2. The molecule has 82 valence electrons. The lowest BCUT2D eigenvalue weighted by atomic mass is 9.78. The summed E-state index contributed by atoms with van der Waals surface area (Å²) in [5.41, 5.74) is -0.162. The third-order valence-electron chi connectivity index (χ3n) is 3.34. The highest BCUT2D eigenvalue weighted by atomic mass is 32.2. The highest BCUT2D eigenvalue weighted by molar-refractivity contribution is 7.99. The van der Waals surface area contributed by atoms with Gasteiger partial charge in [0.05, 0.1) is 5.60 Å². The van der Waals surface area contributed by atoms with Gasteiger partial charge < -0.3 is 10.4 Å². The molecule has 0 spiro atoms. The van der Waals surface area contributed by atoms with Crippen molar-refractivity contribution in [3.8, 4) is 0 Å². The van der Waals surface area contributed by atoms with Crippen molar-refractivity contribution in [2.45, 2.75) is 44.8 Å². The van der Waals surface area contributed by atoms with E-state index in [1.807, 2.05) is 11.8 Å². The van der Waals surface area contributed by atoms with E-state index in [2.05, 4.69) is 19.2 Å². The number of nitrogens with one attached hydrogen (secondary N) is 1. The topological polar surface area (TPSA) is 32.3 Å².